The van der Waals surface area contributed by atoms with Gasteiger partial charge in [0.2, 0.25) is 10.9 Å². The molecule has 0 radical (unpaired) electrons. The second kappa shape index (κ2) is 5.58. The van der Waals surface area contributed by atoms with Crippen molar-refractivity contribution < 1.29 is 19.5 Å². The van der Waals surface area contributed by atoms with Crippen LogP contribution in [0.5, 0.6) is 0 Å². The molecule has 1 aromatic heterocycles. The number of aromatic nitrogens is 1. The first kappa shape index (κ1) is 14.1. The number of nitrogens with zero attached hydrogens (tertiary/aromatic N) is 2. The summed E-state index contributed by atoms with van der Waals surface area (Å²) >= 11 is 0.764. The molecule has 1 rings (SSSR count). The molecule has 0 aromatic carbocycles. The maximum absolute atomic E-state index is 11.7. The number of hydrogen-bond donors (Lipinski definition) is 2. The summed E-state index contributed by atoms with van der Waals surface area (Å²) in [6.07, 6.45) is 1.18. The Labute approximate surface area is 107 Å². The first-order valence-corrected chi connectivity index (χ1v) is 5.85. The predicted molar refractivity (Wildman–Crippen MR) is 64.7 cm³/mol. The summed E-state index contributed by atoms with van der Waals surface area (Å²) in [5.41, 5.74) is 0. The molecule has 8 heteroatoms. The van der Waals surface area contributed by atoms with Crippen LogP contribution in [0.4, 0.5) is 0 Å². The highest BCUT2D eigenvalue weighted by Crippen LogP contribution is 2.12. The van der Waals surface area contributed by atoms with E-state index in [2.05, 4.69) is 10.3 Å². The van der Waals surface area contributed by atoms with Gasteiger partial charge in [0.05, 0.1) is 6.20 Å². The highest BCUT2D eigenvalue weighted by molar-refractivity contribution is 7.15. The molecule has 1 aromatic rings. The minimum Gasteiger partial charge on any atom is -0.476 e. The van der Waals surface area contributed by atoms with Crippen molar-refractivity contribution in [3.8, 4) is 0 Å². The van der Waals surface area contributed by atoms with Gasteiger partial charge in [0.1, 0.15) is 10.9 Å². The van der Waals surface area contributed by atoms with Crippen molar-refractivity contribution in [3.05, 3.63) is 16.1 Å². The van der Waals surface area contributed by atoms with Crippen LogP contribution in [0.2, 0.25) is 0 Å². The van der Waals surface area contributed by atoms with Gasteiger partial charge in [-0.3, -0.25) is 9.59 Å². The van der Waals surface area contributed by atoms with E-state index in [0.29, 0.717) is 0 Å². The molecule has 0 aliphatic carbocycles. The van der Waals surface area contributed by atoms with E-state index in [1.165, 1.54) is 11.1 Å². The van der Waals surface area contributed by atoms with Gasteiger partial charge in [-0.2, -0.15) is 0 Å². The number of thiazole rings is 1. The average molecular weight is 271 g/mol. The van der Waals surface area contributed by atoms with Crippen LogP contribution >= 0.6 is 11.3 Å². The Morgan fingerprint density at radius 3 is 2.50 bits per heavy atom. The predicted octanol–water partition coefficient (Wildman–Crippen LogP) is 0.0478. The third kappa shape index (κ3) is 3.27. The summed E-state index contributed by atoms with van der Waals surface area (Å²) in [5, 5.41) is 11.0. The lowest BCUT2D eigenvalue weighted by molar-refractivity contribution is -0.130. The van der Waals surface area contributed by atoms with Crippen LogP contribution in [0.25, 0.3) is 0 Å². The number of carboxylic acid groups (broad SMARTS) is 1. The van der Waals surface area contributed by atoms with Crippen LogP contribution in [-0.2, 0) is 4.79 Å². The molecule has 1 atom stereocenters. The van der Waals surface area contributed by atoms with Gasteiger partial charge in [-0.1, -0.05) is 0 Å². The fourth-order valence-corrected chi connectivity index (χ4v) is 1.85. The zero-order chi connectivity index (χ0) is 13.9. The number of amides is 2. The van der Waals surface area contributed by atoms with E-state index in [4.69, 9.17) is 5.11 Å². The van der Waals surface area contributed by atoms with Crippen molar-refractivity contribution >= 4 is 29.1 Å². The lowest BCUT2D eigenvalue weighted by atomic mass is 10.3. The van der Waals surface area contributed by atoms with Crippen molar-refractivity contribution in [2.75, 3.05) is 14.1 Å². The molecule has 0 aliphatic heterocycles. The molecule has 7 nitrogen and oxygen atoms in total. The summed E-state index contributed by atoms with van der Waals surface area (Å²) < 4.78 is 0. The van der Waals surface area contributed by atoms with E-state index in [9.17, 15) is 14.4 Å². The van der Waals surface area contributed by atoms with Crippen molar-refractivity contribution in [3.63, 3.8) is 0 Å². The maximum atomic E-state index is 11.7. The molecule has 0 saturated heterocycles. The first-order chi connectivity index (χ1) is 8.32. The van der Waals surface area contributed by atoms with Crippen LogP contribution in [0.3, 0.4) is 0 Å². The number of likely N-dealkylation sites (N-methyl/N-ethyl adjacent to an activating group) is 1. The van der Waals surface area contributed by atoms with Crippen LogP contribution in [0.15, 0.2) is 6.20 Å². The van der Waals surface area contributed by atoms with E-state index in [-0.39, 0.29) is 15.8 Å². The number of carboxylic acids is 1. The standard InChI is InChI=1S/C10H13N3O4S/c1-5(9(15)13(2)3)12-7(14)6-4-11-8(18-6)10(16)17/h4-5H,1-3H3,(H,12,14)(H,16,17). The SMILES string of the molecule is CC(NC(=O)c1cnc(C(=O)O)s1)C(=O)N(C)C. The van der Waals surface area contributed by atoms with Gasteiger partial charge < -0.3 is 15.3 Å². The number of aromatic carboxylic acids is 1. The Kier molecular flexibility index (Phi) is 4.38. The van der Waals surface area contributed by atoms with Gasteiger partial charge in [0, 0.05) is 14.1 Å². The van der Waals surface area contributed by atoms with Gasteiger partial charge in [-0.15, -0.1) is 11.3 Å². The fourth-order valence-electron chi connectivity index (χ4n) is 1.19. The minimum absolute atomic E-state index is 0.158. The Morgan fingerprint density at radius 2 is 2.06 bits per heavy atom. The second-order valence-electron chi connectivity index (χ2n) is 3.76. The molecule has 0 spiro atoms. The maximum Gasteiger partial charge on any atom is 0.365 e. The van der Waals surface area contributed by atoms with Crippen molar-refractivity contribution in [2.45, 2.75) is 13.0 Å². The third-order valence-electron chi connectivity index (χ3n) is 2.07. The van der Waals surface area contributed by atoms with Gasteiger partial charge in [0.25, 0.3) is 5.91 Å². The summed E-state index contributed by atoms with van der Waals surface area (Å²) in [5.74, 6) is -1.94. The average Bonchev–Trinajstić information content (AvgIpc) is 2.76. The van der Waals surface area contributed by atoms with Crippen LogP contribution < -0.4 is 5.32 Å². The smallest absolute Gasteiger partial charge is 0.365 e. The largest absolute Gasteiger partial charge is 0.476 e. The molecule has 2 N–H and O–H groups in total. The Morgan fingerprint density at radius 1 is 1.44 bits per heavy atom. The van der Waals surface area contributed by atoms with Gasteiger partial charge in [0.15, 0.2) is 0 Å². The summed E-state index contributed by atoms with van der Waals surface area (Å²) in [7, 11) is 3.17. The summed E-state index contributed by atoms with van der Waals surface area (Å²) in [6, 6.07) is -0.678. The molecule has 18 heavy (non-hydrogen) atoms. The quantitative estimate of drug-likeness (QED) is 0.806. The molecule has 2 amide bonds. The number of carbonyl (C=O) groups is 3. The molecular weight excluding hydrogens is 258 g/mol. The van der Waals surface area contributed by atoms with Gasteiger partial charge in [-0.25, -0.2) is 9.78 Å². The normalized spacial score (nSPS) is 11.7. The number of rotatable bonds is 4. The molecule has 1 heterocycles. The first-order valence-electron chi connectivity index (χ1n) is 5.04. The number of hydrogen-bond acceptors (Lipinski definition) is 5. The number of carbonyl (C=O) groups excluding carboxylic acids is 2. The molecular formula is C10H13N3O4S. The highest BCUT2D eigenvalue weighted by Gasteiger charge is 2.20. The Balaban J connectivity index is 2.70. The summed E-state index contributed by atoms with van der Waals surface area (Å²) in [6.45, 7) is 1.55. The molecule has 0 aliphatic rings. The molecule has 1 unspecified atom stereocenters. The Hall–Kier alpha value is -1.96. The molecule has 0 bridgehead atoms. The van der Waals surface area contributed by atoms with Crippen LogP contribution in [-0.4, -0.2) is 52.9 Å². The van der Waals surface area contributed by atoms with E-state index in [1.54, 1.807) is 21.0 Å². The van der Waals surface area contributed by atoms with E-state index in [0.717, 1.165) is 11.3 Å². The fraction of sp³-hybridized carbons (Fsp3) is 0.400. The lowest BCUT2D eigenvalue weighted by Crippen LogP contribution is -2.44. The van der Waals surface area contributed by atoms with Crippen LogP contribution in [0.1, 0.15) is 26.4 Å². The van der Waals surface area contributed by atoms with Crippen molar-refractivity contribution in [1.29, 1.82) is 0 Å². The zero-order valence-corrected chi connectivity index (χ0v) is 10.9. The van der Waals surface area contributed by atoms with E-state index < -0.39 is 17.9 Å². The third-order valence-corrected chi connectivity index (χ3v) is 3.06. The summed E-state index contributed by atoms with van der Waals surface area (Å²) in [4.78, 5) is 39.0. The van der Waals surface area contributed by atoms with Gasteiger partial charge >= 0.3 is 5.97 Å². The van der Waals surface area contributed by atoms with E-state index >= 15 is 0 Å². The van der Waals surface area contributed by atoms with Crippen LogP contribution in [0, 0.1) is 0 Å². The highest BCUT2D eigenvalue weighted by atomic mass is 32.1. The topological polar surface area (TPSA) is 99.6 Å². The van der Waals surface area contributed by atoms with Crippen molar-refractivity contribution in [1.82, 2.24) is 15.2 Å². The lowest BCUT2D eigenvalue weighted by Gasteiger charge is -2.17. The Bertz CT molecular complexity index is 483. The number of nitrogens with one attached hydrogen (secondary N) is 1. The van der Waals surface area contributed by atoms with Gasteiger partial charge in [-0.05, 0) is 6.92 Å². The minimum atomic E-state index is -1.18. The monoisotopic (exact) mass is 271 g/mol. The zero-order valence-electron chi connectivity index (χ0n) is 10.1. The van der Waals surface area contributed by atoms with E-state index in [1.807, 2.05) is 0 Å². The van der Waals surface area contributed by atoms with Crippen molar-refractivity contribution in [2.24, 2.45) is 0 Å². The molecule has 0 saturated carbocycles. The molecule has 98 valence electrons. The second-order valence-corrected chi connectivity index (χ2v) is 4.79. The molecule has 0 fully saturated rings.